The van der Waals surface area contributed by atoms with Crippen LogP contribution in [-0.2, 0) is 10.0 Å². The zero-order chi connectivity index (χ0) is 27.4. The summed E-state index contributed by atoms with van der Waals surface area (Å²) in [5.74, 6) is 0.0798. The van der Waals surface area contributed by atoms with Crippen molar-refractivity contribution >= 4 is 60.7 Å². The van der Waals surface area contributed by atoms with Crippen molar-refractivity contribution in [2.24, 2.45) is 0 Å². The van der Waals surface area contributed by atoms with E-state index in [0.29, 0.717) is 17.8 Å². The van der Waals surface area contributed by atoms with Crippen LogP contribution in [0.1, 0.15) is 10.4 Å². The van der Waals surface area contributed by atoms with Crippen molar-refractivity contribution < 1.29 is 22.3 Å². The van der Waals surface area contributed by atoms with Gasteiger partial charge in [-0.1, -0.05) is 11.3 Å². The number of benzene rings is 3. The Hall–Kier alpha value is -3.45. The molecular weight excluding hydrogens is 577 g/mol. The van der Waals surface area contributed by atoms with Crippen LogP contribution in [0.25, 0.3) is 10.2 Å². The summed E-state index contributed by atoms with van der Waals surface area (Å²) >= 11 is 1.66. The number of anilines is 2. The minimum absolute atomic E-state index is 0. The molecule has 0 radical (unpaired) electrons. The molecule has 40 heavy (non-hydrogen) atoms. The second kappa shape index (κ2) is 12.8. The van der Waals surface area contributed by atoms with Crippen LogP contribution in [-0.4, -0.2) is 70.6 Å². The Kier molecular flexibility index (Phi) is 9.46. The lowest BCUT2D eigenvalue weighted by Crippen LogP contribution is -2.48. The quantitative estimate of drug-likeness (QED) is 0.294. The summed E-state index contributed by atoms with van der Waals surface area (Å²) < 4.78 is 46.9. The lowest BCUT2D eigenvalue weighted by molar-refractivity contribution is 0.0948. The van der Waals surface area contributed by atoms with Crippen molar-refractivity contribution in [1.29, 1.82) is 0 Å². The predicted molar refractivity (Wildman–Crippen MR) is 158 cm³/mol. The Bertz CT molecular complexity index is 1560. The number of hydrogen-bond acceptors (Lipinski definition) is 8. The van der Waals surface area contributed by atoms with Crippen molar-refractivity contribution in [3.05, 3.63) is 78.1 Å². The van der Waals surface area contributed by atoms with Crippen LogP contribution < -0.4 is 19.7 Å². The highest BCUT2D eigenvalue weighted by atomic mass is 35.5. The summed E-state index contributed by atoms with van der Waals surface area (Å²) in [7, 11) is -2.20. The number of nitrogens with zero attached hydrogens (tertiary/aromatic N) is 3. The molecule has 9 nitrogen and oxygen atoms in total. The second-order valence-electron chi connectivity index (χ2n) is 9.05. The van der Waals surface area contributed by atoms with E-state index in [9.17, 15) is 17.6 Å². The van der Waals surface area contributed by atoms with E-state index in [4.69, 9.17) is 9.72 Å². The maximum Gasteiger partial charge on any atom is 0.261 e. The standard InChI is InChI=1S/C27H28FN5O4S2.ClH/c1-37-22-8-11-24-25(18-22)38-27(30-24)33-16-14-32(15-17-33)13-12-29-26(34)19-2-6-21(7-3-19)31-39(35,36)23-9-4-20(28)5-10-23;/h2-11,18,31H,12-17H2,1H3,(H,29,34);1H. The SMILES string of the molecule is COc1ccc2nc(N3CCN(CCNC(=O)c4ccc(NS(=O)(=O)c5ccc(F)cc5)cc4)CC3)sc2c1.Cl. The monoisotopic (exact) mass is 605 g/mol. The van der Waals surface area contributed by atoms with Gasteiger partial charge in [0.15, 0.2) is 5.13 Å². The van der Waals surface area contributed by atoms with Gasteiger partial charge in [0.05, 0.1) is 22.2 Å². The summed E-state index contributed by atoms with van der Waals surface area (Å²) in [6.07, 6.45) is 0. The molecule has 212 valence electrons. The molecule has 4 aromatic rings. The normalized spacial score (nSPS) is 14.0. The molecule has 1 fully saturated rings. The first-order valence-corrected chi connectivity index (χ1v) is 14.7. The number of thiazole rings is 1. The van der Waals surface area contributed by atoms with Crippen LogP contribution in [0.5, 0.6) is 5.75 Å². The number of hydrogen-bond donors (Lipinski definition) is 2. The Balaban J connectivity index is 0.00000370. The number of ether oxygens (including phenoxy) is 1. The van der Waals surface area contributed by atoms with E-state index in [2.05, 4.69) is 19.8 Å². The predicted octanol–water partition coefficient (Wildman–Crippen LogP) is 4.22. The van der Waals surface area contributed by atoms with Gasteiger partial charge in [-0.05, 0) is 66.7 Å². The van der Waals surface area contributed by atoms with Gasteiger partial charge in [0.1, 0.15) is 11.6 Å². The molecule has 1 amide bonds. The summed E-state index contributed by atoms with van der Waals surface area (Å²) in [5, 5.41) is 3.93. The smallest absolute Gasteiger partial charge is 0.261 e. The lowest BCUT2D eigenvalue weighted by Gasteiger charge is -2.34. The van der Waals surface area contributed by atoms with Gasteiger partial charge in [-0.15, -0.1) is 12.4 Å². The Morgan fingerprint density at radius 2 is 1.73 bits per heavy atom. The molecule has 0 aliphatic carbocycles. The lowest BCUT2D eigenvalue weighted by atomic mass is 10.2. The number of rotatable bonds is 9. The summed E-state index contributed by atoms with van der Waals surface area (Å²) in [5.41, 5.74) is 1.71. The topological polar surface area (TPSA) is 104 Å². The fourth-order valence-electron chi connectivity index (χ4n) is 4.26. The van der Waals surface area contributed by atoms with Crippen molar-refractivity contribution in [3.8, 4) is 5.75 Å². The van der Waals surface area contributed by atoms with Gasteiger partial charge in [-0.25, -0.2) is 17.8 Å². The molecule has 2 heterocycles. The van der Waals surface area contributed by atoms with Crippen molar-refractivity contribution in [2.75, 3.05) is 56.0 Å². The van der Waals surface area contributed by atoms with E-state index in [1.54, 1.807) is 30.6 Å². The number of amides is 1. The Labute approximate surface area is 242 Å². The van der Waals surface area contributed by atoms with Gasteiger partial charge in [-0.3, -0.25) is 14.4 Å². The van der Waals surface area contributed by atoms with Crippen LogP contribution >= 0.6 is 23.7 Å². The van der Waals surface area contributed by atoms with Crippen LogP contribution in [0.15, 0.2) is 71.6 Å². The van der Waals surface area contributed by atoms with Crippen LogP contribution in [0, 0.1) is 5.82 Å². The number of carbonyl (C=O) groups excluding carboxylic acids is 1. The fourth-order valence-corrected chi connectivity index (χ4v) is 6.37. The number of fused-ring (bicyclic) bond motifs is 1. The highest BCUT2D eigenvalue weighted by Crippen LogP contribution is 2.31. The summed E-state index contributed by atoms with van der Waals surface area (Å²) in [6.45, 7) is 4.70. The largest absolute Gasteiger partial charge is 0.497 e. The molecule has 1 saturated heterocycles. The van der Waals surface area contributed by atoms with E-state index < -0.39 is 15.8 Å². The molecule has 0 atom stereocenters. The van der Waals surface area contributed by atoms with E-state index in [0.717, 1.165) is 66.0 Å². The zero-order valence-corrected chi connectivity index (χ0v) is 24.1. The maximum absolute atomic E-state index is 13.1. The van der Waals surface area contributed by atoms with E-state index in [-0.39, 0.29) is 23.2 Å². The van der Waals surface area contributed by atoms with Gasteiger partial charge >= 0.3 is 0 Å². The minimum atomic E-state index is -3.86. The number of methoxy groups -OCH3 is 1. The molecule has 0 unspecified atom stereocenters. The average Bonchev–Trinajstić information content (AvgIpc) is 3.37. The zero-order valence-electron chi connectivity index (χ0n) is 21.7. The average molecular weight is 606 g/mol. The highest BCUT2D eigenvalue weighted by Gasteiger charge is 2.20. The number of carbonyl (C=O) groups is 1. The molecule has 0 spiro atoms. The van der Waals surface area contributed by atoms with E-state index in [1.807, 2.05) is 18.2 Å². The molecule has 5 rings (SSSR count). The fraction of sp³-hybridized carbons (Fsp3) is 0.259. The van der Waals surface area contributed by atoms with Gasteiger partial charge < -0.3 is 15.0 Å². The number of nitrogens with one attached hydrogen (secondary N) is 2. The number of aromatic nitrogens is 1. The minimum Gasteiger partial charge on any atom is -0.497 e. The molecule has 3 aromatic carbocycles. The number of sulfonamides is 1. The third-order valence-corrected chi connectivity index (χ3v) is 8.94. The first-order chi connectivity index (χ1) is 18.8. The Morgan fingerprint density at radius 3 is 2.40 bits per heavy atom. The number of piperazine rings is 1. The molecule has 0 bridgehead atoms. The first kappa shape index (κ1) is 29.5. The Morgan fingerprint density at radius 1 is 1.02 bits per heavy atom. The molecule has 1 aliphatic heterocycles. The second-order valence-corrected chi connectivity index (χ2v) is 11.7. The van der Waals surface area contributed by atoms with Crippen LogP contribution in [0.2, 0.25) is 0 Å². The van der Waals surface area contributed by atoms with E-state index >= 15 is 0 Å². The summed E-state index contributed by atoms with van der Waals surface area (Å²) in [4.78, 5) is 21.9. The van der Waals surface area contributed by atoms with Gasteiger partial charge in [-0.2, -0.15) is 0 Å². The van der Waals surface area contributed by atoms with Gasteiger partial charge in [0, 0.05) is 50.5 Å². The first-order valence-electron chi connectivity index (χ1n) is 12.4. The molecule has 1 aromatic heterocycles. The molecular formula is C27H29ClFN5O4S2. The van der Waals surface area contributed by atoms with Crippen molar-refractivity contribution in [2.45, 2.75) is 4.90 Å². The molecule has 0 saturated carbocycles. The third kappa shape index (κ3) is 7.00. The highest BCUT2D eigenvalue weighted by molar-refractivity contribution is 7.92. The van der Waals surface area contributed by atoms with Crippen molar-refractivity contribution in [1.82, 2.24) is 15.2 Å². The maximum atomic E-state index is 13.1. The van der Waals surface area contributed by atoms with Crippen molar-refractivity contribution in [3.63, 3.8) is 0 Å². The van der Waals surface area contributed by atoms with Gasteiger partial charge in [0.2, 0.25) is 0 Å². The number of halogens is 2. The van der Waals surface area contributed by atoms with E-state index in [1.165, 1.54) is 24.3 Å². The van der Waals surface area contributed by atoms with Crippen LogP contribution in [0.4, 0.5) is 15.2 Å². The third-order valence-electron chi connectivity index (χ3n) is 6.46. The van der Waals surface area contributed by atoms with Crippen LogP contribution in [0.3, 0.4) is 0 Å². The molecule has 1 aliphatic rings. The molecule has 2 N–H and O–H groups in total. The molecule has 13 heteroatoms. The van der Waals surface area contributed by atoms with Gasteiger partial charge in [0.25, 0.3) is 15.9 Å². The summed E-state index contributed by atoms with van der Waals surface area (Å²) in [6, 6.07) is 16.6.